The standard InChI is InChI=1S/C25H20ClN7O4S/c26-18-8-10-20(11-9-18)38(36,37)32-25(35)30-24-21(14-27)22(31-33(24)19-6-2-1-3-7-19)13-23(34)29-16-17-5-4-12-28-15-17/h1-12,15H,13,16H2,(H,29,34)(H2,30,32,35). The van der Waals surface area contributed by atoms with E-state index in [1.807, 2.05) is 10.8 Å². The fraction of sp³-hybridized carbons (Fsp3) is 0.0800. The lowest BCUT2D eigenvalue weighted by molar-refractivity contribution is -0.120. The second-order valence-electron chi connectivity index (χ2n) is 7.86. The highest BCUT2D eigenvalue weighted by Crippen LogP contribution is 2.24. The number of carbonyl (C=O) groups excluding carboxylic acids is 2. The summed E-state index contributed by atoms with van der Waals surface area (Å²) in [5.74, 6) is -0.512. The Labute approximate surface area is 223 Å². The lowest BCUT2D eigenvalue weighted by Crippen LogP contribution is -2.35. The van der Waals surface area contributed by atoms with Gasteiger partial charge in [0.2, 0.25) is 5.91 Å². The number of anilines is 1. The zero-order valence-corrected chi connectivity index (χ0v) is 21.2. The van der Waals surface area contributed by atoms with Crippen LogP contribution in [0.3, 0.4) is 0 Å². The number of amides is 3. The van der Waals surface area contributed by atoms with Crippen LogP contribution in [0.25, 0.3) is 5.69 Å². The van der Waals surface area contributed by atoms with E-state index in [1.54, 1.807) is 54.9 Å². The summed E-state index contributed by atoms with van der Waals surface area (Å²) < 4.78 is 28.4. The van der Waals surface area contributed by atoms with Crippen LogP contribution in [0.5, 0.6) is 0 Å². The van der Waals surface area contributed by atoms with Crippen LogP contribution >= 0.6 is 11.6 Å². The van der Waals surface area contributed by atoms with Crippen molar-refractivity contribution < 1.29 is 18.0 Å². The van der Waals surface area contributed by atoms with E-state index >= 15 is 0 Å². The molecule has 0 aliphatic heterocycles. The molecule has 38 heavy (non-hydrogen) atoms. The molecule has 3 N–H and O–H groups in total. The normalized spacial score (nSPS) is 10.8. The number of hydrogen-bond donors (Lipinski definition) is 3. The molecule has 4 rings (SSSR count). The molecule has 4 aromatic rings. The lowest BCUT2D eigenvalue weighted by Gasteiger charge is -2.11. The van der Waals surface area contributed by atoms with E-state index in [0.29, 0.717) is 10.7 Å². The summed E-state index contributed by atoms with van der Waals surface area (Å²) >= 11 is 5.81. The molecule has 0 saturated carbocycles. The van der Waals surface area contributed by atoms with Gasteiger partial charge in [-0.3, -0.25) is 15.1 Å². The summed E-state index contributed by atoms with van der Waals surface area (Å²) in [5.41, 5.74) is 1.26. The number of aromatic nitrogens is 3. The molecule has 192 valence electrons. The minimum absolute atomic E-state index is 0.0931. The van der Waals surface area contributed by atoms with Gasteiger partial charge in [0.15, 0.2) is 5.82 Å². The van der Waals surface area contributed by atoms with Crippen molar-refractivity contribution in [1.29, 1.82) is 5.26 Å². The number of urea groups is 1. The topological polar surface area (TPSA) is 159 Å². The van der Waals surface area contributed by atoms with Crippen LogP contribution in [0.1, 0.15) is 16.8 Å². The van der Waals surface area contributed by atoms with Crippen LogP contribution < -0.4 is 15.4 Å². The highest BCUT2D eigenvalue weighted by molar-refractivity contribution is 7.90. The Morgan fingerprint density at radius 1 is 1.03 bits per heavy atom. The van der Waals surface area contributed by atoms with Crippen LogP contribution in [0.15, 0.2) is 84.0 Å². The van der Waals surface area contributed by atoms with Gasteiger partial charge in [0.25, 0.3) is 10.0 Å². The van der Waals surface area contributed by atoms with Crippen LogP contribution in [0.4, 0.5) is 10.6 Å². The molecular weight excluding hydrogens is 530 g/mol. The predicted molar refractivity (Wildman–Crippen MR) is 139 cm³/mol. The van der Waals surface area contributed by atoms with Gasteiger partial charge in [-0.1, -0.05) is 35.9 Å². The van der Waals surface area contributed by atoms with Gasteiger partial charge >= 0.3 is 6.03 Å². The summed E-state index contributed by atoms with van der Waals surface area (Å²) in [6.07, 6.45) is 2.97. The van der Waals surface area contributed by atoms with Crippen molar-refractivity contribution in [3.05, 3.63) is 101 Å². The predicted octanol–water partition coefficient (Wildman–Crippen LogP) is 3.16. The summed E-state index contributed by atoms with van der Waals surface area (Å²) in [4.78, 5) is 29.2. The summed E-state index contributed by atoms with van der Waals surface area (Å²) in [5, 5.41) is 19.7. The number of nitriles is 1. The van der Waals surface area contributed by atoms with E-state index in [-0.39, 0.29) is 34.9 Å². The first kappa shape index (κ1) is 26.3. The Kier molecular flexibility index (Phi) is 8.00. The van der Waals surface area contributed by atoms with Gasteiger partial charge < -0.3 is 5.32 Å². The van der Waals surface area contributed by atoms with Gasteiger partial charge in [-0.15, -0.1) is 0 Å². The molecule has 0 unspecified atom stereocenters. The maximum Gasteiger partial charge on any atom is 0.334 e. The smallest absolute Gasteiger partial charge is 0.334 e. The zero-order valence-electron chi connectivity index (χ0n) is 19.6. The number of carbonyl (C=O) groups is 2. The number of nitrogens with one attached hydrogen (secondary N) is 3. The number of rotatable bonds is 8. The first-order valence-corrected chi connectivity index (χ1v) is 13.0. The van der Waals surface area contributed by atoms with Gasteiger partial charge in [-0.05, 0) is 48.0 Å². The minimum atomic E-state index is -4.24. The number of para-hydroxylation sites is 1. The van der Waals surface area contributed by atoms with Crippen molar-refractivity contribution in [3.8, 4) is 11.8 Å². The molecule has 0 atom stereocenters. The van der Waals surface area contributed by atoms with Crippen molar-refractivity contribution in [1.82, 2.24) is 24.8 Å². The Morgan fingerprint density at radius 3 is 2.42 bits per heavy atom. The lowest BCUT2D eigenvalue weighted by atomic mass is 10.2. The van der Waals surface area contributed by atoms with Crippen LogP contribution in [-0.4, -0.2) is 35.1 Å². The second kappa shape index (κ2) is 11.5. The highest BCUT2D eigenvalue weighted by Gasteiger charge is 2.25. The summed E-state index contributed by atoms with van der Waals surface area (Å²) in [7, 11) is -4.24. The van der Waals surface area contributed by atoms with Gasteiger partial charge in [0, 0.05) is 24.0 Å². The zero-order chi connectivity index (χ0) is 27.1. The molecule has 0 saturated heterocycles. The number of sulfonamides is 1. The third kappa shape index (κ3) is 6.33. The SMILES string of the molecule is N#Cc1c(CC(=O)NCc2cccnc2)nn(-c2ccccc2)c1NC(=O)NS(=O)(=O)c1ccc(Cl)cc1. The third-order valence-corrected chi connectivity index (χ3v) is 6.79. The van der Waals surface area contributed by atoms with Crippen molar-refractivity contribution in [2.45, 2.75) is 17.9 Å². The molecule has 11 nitrogen and oxygen atoms in total. The van der Waals surface area contributed by atoms with Crippen LogP contribution in [0, 0.1) is 11.3 Å². The Morgan fingerprint density at radius 2 is 1.76 bits per heavy atom. The number of benzene rings is 2. The molecule has 0 bridgehead atoms. The molecule has 0 aliphatic rings. The Hall–Kier alpha value is -4.73. The molecule has 2 heterocycles. The van der Waals surface area contributed by atoms with E-state index < -0.39 is 22.0 Å². The van der Waals surface area contributed by atoms with Gasteiger partial charge in [-0.25, -0.2) is 22.6 Å². The summed E-state index contributed by atoms with van der Waals surface area (Å²) in [6, 6.07) is 18.2. The number of halogens is 1. The van der Waals surface area contributed by atoms with E-state index in [2.05, 4.69) is 20.7 Å². The monoisotopic (exact) mass is 549 g/mol. The van der Waals surface area contributed by atoms with Crippen molar-refractivity contribution in [2.75, 3.05) is 5.32 Å². The van der Waals surface area contributed by atoms with Crippen molar-refractivity contribution >= 4 is 39.4 Å². The maximum absolute atomic E-state index is 12.7. The Balaban J connectivity index is 1.59. The second-order valence-corrected chi connectivity index (χ2v) is 9.98. The average Bonchev–Trinajstić information content (AvgIpc) is 3.24. The summed E-state index contributed by atoms with van der Waals surface area (Å²) in [6.45, 7) is 0.226. The number of pyridine rings is 1. The van der Waals surface area contributed by atoms with Crippen LogP contribution in [0.2, 0.25) is 5.02 Å². The van der Waals surface area contributed by atoms with E-state index in [1.165, 1.54) is 28.9 Å². The quantitative estimate of drug-likeness (QED) is 0.304. The van der Waals surface area contributed by atoms with Gasteiger partial charge in [0.1, 0.15) is 11.6 Å². The fourth-order valence-corrected chi connectivity index (χ4v) is 4.46. The molecular formula is C25H20ClN7O4S. The average molecular weight is 550 g/mol. The van der Waals surface area contributed by atoms with E-state index in [0.717, 1.165) is 5.56 Å². The van der Waals surface area contributed by atoms with Crippen molar-refractivity contribution in [2.24, 2.45) is 0 Å². The maximum atomic E-state index is 12.7. The van der Waals surface area contributed by atoms with Crippen molar-refractivity contribution in [3.63, 3.8) is 0 Å². The first-order valence-electron chi connectivity index (χ1n) is 11.1. The molecule has 3 amide bonds. The molecule has 2 aromatic heterocycles. The molecule has 13 heteroatoms. The highest BCUT2D eigenvalue weighted by atomic mass is 35.5. The number of nitrogens with zero attached hydrogens (tertiary/aromatic N) is 4. The molecule has 0 aliphatic carbocycles. The third-order valence-electron chi connectivity index (χ3n) is 5.19. The molecule has 0 radical (unpaired) electrons. The largest absolute Gasteiger partial charge is 0.352 e. The fourth-order valence-electron chi connectivity index (χ4n) is 3.42. The minimum Gasteiger partial charge on any atom is -0.352 e. The van der Waals surface area contributed by atoms with Gasteiger partial charge in [0.05, 0.1) is 22.7 Å². The van der Waals surface area contributed by atoms with Crippen LogP contribution in [-0.2, 0) is 27.8 Å². The molecule has 0 spiro atoms. The Bertz CT molecular complexity index is 1600. The van der Waals surface area contributed by atoms with E-state index in [4.69, 9.17) is 11.6 Å². The number of hydrogen-bond acceptors (Lipinski definition) is 7. The molecule has 0 fully saturated rings. The van der Waals surface area contributed by atoms with E-state index in [9.17, 15) is 23.3 Å². The van der Waals surface area contributed by atoms with Gasteiger partial charge in [-0.2, -0.15) is 10.4 Å². The molecule has 2 aromatic carbocycles. The first-order chi connectivity index (χ1) is 18.3.